The van der Waals surface area contributed by atoms with Gasteiger partial charge in [0, 0.05) is 5.56 Å². The fraction of sp³-hybridized carbons (Fsp3) is 0.312. The predicted octanol–water partition coefficient (Wildman–Crippen LogP) is 2.57. The second kappa shape index (κ2) is 6.36. The van der Waals surface area contributed by atoms with Crippen LogP contribution in [0.5, 0.6) is 0 Å². The van der Waals surface area contributed by atoms with Gasteiger partial charge in [0.15, 0.2) is 5.16 Å². The van der Waals surface area contributed by atoms with Gasteiger partial charge in [0.25, 0.3) is 5.56 Å². The number of rotatable bonds is 4. The summed E-state index contributed by atoms with van der Waals surface area (Å²) in [6.07, 6.45) is 3.57. The number of benzene rings is 1. The minimum Gasteiger partial charge on any atom is -0.480 e. The summed E-state index contributed by atoms with van der Waals surface area (Å²) in [5, 5.41) is 9.05. The fourth-order valence-electron chi connectivity index (χ4n) is 2.64. The number of carboxylic acid groups (broad SMARTS) is 1. The van der Waals surface area contributed by atoms with E-state index >= 15 is 0 Å². The standard InChI is InChI=1S/C16H16N2O3S/c19-14-11-8-4-5-9-12(11)17-16(18-14)22-13(15(20)21)10-6-2-1-3-7-10/h1-3,6-7,13H,4-5,8-9H2,(H,20,21)(H,17,18,19). The van der Waals surface area contributed by atoms with Crippen LogP contribution in [0.2, 0.25) is 0 Å². The van der Waals surface area contributed by atoms with Crippen LogP contribution < -0.4 is 5.56 Å². The average Bonchev–Trinajstić information content (AvgIpc) is 2.53. The van der Waals surface area contributed by atoms with E-state index < -0.39 is 11.2 Å². The lowest BCUT2D eigenvalue weighted by Crippen LogP contribution is -2.22. The minimum absolute atomic E-state index is 0.135. The third-order valence-corrected chi connectivity index (χ3v) is 4.85. The van der Waals surface area contributed by atoms with Gasteiger partial charge in [0.2, 0.25) is 0 Å². The molecule has 114 valence electrons. The van der Waals surface area contributed by atoms with Crippen molar-refractivity contribution in [3.8, 4) is 0 Å². The molecule has 2 aromatic rings. The van der Waals surface area contributed by atoms with Crippen molar-refractivity contribution in [2.75, 3.05) is 0 Å². The number of nitrogens with one attached hydrogen (secondary N) is 1. The summed E-state index contributed by atoms with van der Waals surface area (Å²) in [5.74, 6) is -0.948. The number of fused-ring (bicyclic) bond motifs is 1. The first-order chi connectivity index (χ1) is 10.6. The van der Waals surface area contributed by atoms with E-state index in [1.165, 1.54) is 0 Å². The Kier molecular flexibility index (Phi) is 4.29. The first-order valence-corrected chi connectivity index (χ1v) is 8.09. The highest BCUT2D eigenvalue weighted by Gasteiger charge is 2.24. The molecule has 0 saturated carbocycles. The lowest BCUT2D eigenvalue weighted by Gasteiger charge is -2.16. The summed E-state index contributed by atoms with van der Waals surface area (Å²) in [7, 11) is 0. The van der Waals surface area contributed by atoms with Gasteiger partial charge in [-0.05, 0) is 31.2 Å². The van der Waals surface area contributed by atoms with Crippen LogP contribution in [0.1, 0.15) is 34.9 Å². The van der Waals surface area contributed by atoms with Crippen molar-refractivity contribution in [3.63, 3.8) is 0 Å². The molecule has 0 radical (unpaired) electrons. The lowest BCUT2D eigenvalue weighted by molar-refractivity contribution is -0.136. The second-order valence-electron chi connectivity index (χ2n) is 5.25. The summed E-state index contributed by atoms with van der Waals surface area (Å²) in [6, 6.07) is 8.97. The largest absolute Gasteiger partial charge is 0.480 e. The Hall–Kier alpha value is -2.08. The first-order valence-electron chi connectivity index (χ1n) is 7.21. The van der Waals surface area contributed by atoms with Crippen molar-refractivity contribution in [1.82, 2.24) is 9.97 Å². The molecule has 0 aliphatic heterocycles. The smallest absolute Gasteiger partial charge is 0.321 e. The van der Waals surface area contributed by atoms with E-state index in [4.69, 9.17) is 0 Å². The van der Waals surface area contributed by atoms with Crippen molar-refractivity contribution in [3.05, 3.63) is 57.5 Å². The molecule has 22 heavy (non-hydrogen) atoms. The molecular weight excluding hydrogens is 300 g/mol. The predicted molar refractivity (Wildman–Crippen MR) is 84.2 cm³/mol. The van der Waals surface area contributed by atoms with Gasteiger partial charge in [0.05, 0.1) is 5.69 Å². The number of aryl methyl sites for hydroxylation is 1. The Labute approximate surface area is 131 Å². The van der Waals surface area contributed by atoms with Crippen LogP contribution in [0.15, 0.2) is 40.3 Å². The molecule has 1 aliphatic rings. The van der Waals surface area contributed by atoms with Crippen LogP contribution in [0.25, 0.3) is 0 Å². The maximum atomic E-state index is 12.1. The molecule has 1 aliphatic carbocycles. The molecule has 0 fully saturated rings. The number of nitrogens with zero attached hydrogens (tertiary/aromatic N) is 1. The van der Waals surface area contributed by atoms with Gasteiger partial charge in [-0.3, -0.25) is 9.59 Å². The van der Waals surface area contributed by atoms with Crippen molar-refractivity contribution in [1.29, 1.82) is 0 Å². The number of aliphatic carboxylic acids is 1. The molecule has 6 heteroatoms. The van der Waals surface area contributed by atoms with Crippen LogP contribution in [-0.4, -0.2) is 21.0 Å². The number of hydrogen-bond acceptors (Lipinski definition) is 4. The van der Waals surface area contributed by atoms with Crippen LogP contribution in [-0.2, 0) is 17.6 Å². The number of aromatic amines is 1. The number of carboxylic acids is 1. The molecule has 1 heterocycles. The molecule has 0 spiro atoms. The average molecular weight is 316 g/mol. The second-order valence-corrected chi connectivity index (χ2v) is 6.34. The van der Waals surface area contributed by atoms with Crippen LogP contribution >= 0.6 is 11.8 Å². The van der Waals surface area contributed by atoms with Gasteiger partial charge in [0.1, 0.15) is 5.25 Å². The highest BCUT2D eigenvalue weighted by molar-refractivity contribution is 8.00. The number of H-pyrrole nitrogens is 1. The van der Waals surface area contributed by atoms with Gasteiger partial charge in [-0.25, -0.2) is 4.98 Å². The van der Waals surface area contributed by atoms with Gasteiger partial charge >= 0.3 is 5.97 Å². The maximum Gasteiger partial charge on any atom is 0.321 e. The third kappa shape index (κ3) is 3.06. The SMILES string of the molecule is O=C(O)C(Sc1nc2c(c(=O)[nH]1)CCCC2)c1ccccc1. The Morgan fingerprint density at radius 3 is 2.68 bits per heavy atom. The molecular formula is C16H16N2O3S. The Morgan fingerprint density at radius 1 is 1.23 bits per heavy atom. The minimum atomic E-state index is -0.948. The van der Waals surface area contributed by atoms with Crippen molar-refractivity contribution in [2.24, 2.45) is 0 Å². The van der Waals surface area contributed by atoms with E-state index in [2.05, 4.69) is 9.97 Å². The molecule has 1 atom stereocenters. The Morgan fingerprint density at radius 2 is 1.95 bits per heavy atom. The highest BCUT2D eigenvalue weighted by atomic mass is 32.2. The molecule has 1 aromatic carbocycles. The number of hydrogen-bond donors (Lipinski definition) is 2. The topological polar surface area (TPSA) is 83.0 Å². The quantitative estimate of drug-likeness (QED) is 0.669. The molecule has 1 unspecified atom stereocenters. The summed E-state index contributed by atoms with van der Waals surface area (Å²) >= 11 is 1.07. The molecule has 2 N–H and O–H groups in total. The zero-order chi connectivity index (χ0) is 15.5. The number of aromatic nitrogens is 2. The molecule has 0 bridgehead atoms. The molecule has 1 aromatic heterocycles. The third-order valence-electron chi connectivity index (χ3n) is 3.73. The van der Waals surface area contributed by atoms with Gasteiger partial charge in [-0.15, -0.1) is 0 Å². The van der Waals surface area contributed by atoms with Crippen LogP contribution in [0, 0.1) is 0 Å². The van der Waals surface area contributed by atoms with Gasteiger partial charge in [-0.2, -0.15) is 0 Å². The molecule has 0 amide bonds. The zero-order valence-electron chi connectivity index (χ0n) is 11.9. The van der Waals surface area contributed by atoms with E-state index in [0.717, 1.165) is 48.7 Å². The summed E-state index contributed by atoms with van der Waals surface area (Å²) in [6.45, 7) is 0. The van der Waals surface area contributed by atoms with Crippen molar-refractivity contribution >= 4 is 17.7 Å². The van der Waals surface area contributed by atoms with E-state index in [9.17, 15) is 14.7 Å². The summed E-state index contributed by atoms with van der Waals surface area (Å²) in [5.41, 5.74) is 2.11. The maximum absolute atomic E-state index is 12.1. The fourth-order valence-corrected chi connectivity index (χ4v) is 3.57. The van der Waals surface area contributed by atoms with E-state index in [1.807, 2.05) is 6.07 Å². The normalized spacial score (nSPS) is 15.1. The van der Waals surface area contributed by atoms with E-state index in [-0.39, 0.29) is 5.56 Å². The van der Waals surface area contributed by atoms with E-state index in [1.54, 1.807) is 24.3 Å². The highest BCUT2D eigenvalue weighted by Crippen LogP contribution is 2.33. The zero-order valence-corrected chi connectivity index (χ0v) is 12.7. The lowest BCUT2D eigenvalue weighted by atomic mass is 9.97. The van der Waals surface area contributed by atoms with Gasteiger partial charge < -0.3 is 10.1 Å². The summed E-state index contributed by atoms with van der Waals surface area (Å²) < 4.78 is 0. The molecule has 0 saturated heterocycles. The number of thioether (sulfide) groups is 1. The monoisotopic (exact) mass is 316 g/mol. The van der Waals surface area contributed by atoms with Crippen LogP contribution in [0.3, 0.4) is 0 Å². The number of carbonyl (C=O) groups is 1. The van der Waals surface area contributed by atoms with E-state index in [0.29, 0.717) is 10.7 Å². The molecule has 3 rings (SSSR count). The van der Waals surface area contributed by atoms with Crippen LogP contribution in [0.4, 0.5) is 0 Å². The first kappa shape index (κ1) is 14.8. The van der Waals surface area contributed by atoms with Gasteiger partial charge in [-0.1, -0.05) is 42.1 Å². The van der Waals surface area contributed by atoms with Crippen molar-refractivity contribution in [2.45, 2.75) is 36.1 Å². The Balaban J connectivity index is 1.92. The summed E-state index contributed by atoms with van der Waals surface area (Å²) in [4.78, 5) is 30.8. The van der Waals surface area contributed by atoms with Crippen molar-refractivity contribution < 1.29 is 9.90 Å². The molecule has 5 nitrogen and oxygen atoms in total. The Bertz CT molecular complexity index is 743.